The van der Waals surface area contributed by atoms with E-state index in [0.29, 0.717) is 43.0 Å². The van der Waals surface area contributed by atoms with Crippen LogP contribution in [0.15, 0.2) is 18.2 Å². The highest BCUT2D eigenvalue weighted by Gasteiger charge is 2.26. The summed E-state index contributed by atoms with van der Waals surface area (Å²) in [6.45, 7) is 1.78. The van der Waals surface area contributed by atoms with Crippen molar-refractivity contribution in [2.45, 2.75) is 25.3 Å². The number of nitrogens with one attached hydrogen (secondary N) is 2. The topological polar surface area (TPSA) is 93.0 Å². The van der Waals surface area contributed by atoms with Gasteiger partial charge in [0.05, 0.1) is 17.1 Å². The van der Waals surface area contributed by atoms with Crippen LogP contribution in [0.3, 0.4) is 0 Å². The van der Waals surface area contributed by atoms with Crippen LogP contribution in [0.1, 0.15) is 18.7 Å². The molecular weight excluding hydrogens is 370 g/mol. The first-order valence-corrected chi connectivity index (χ1v) is 7.88. The van der Waals surface area contributed by atoms with Crippen LogP contribution in [0.5, 0.6) is 0 Å². The van der Waals surface area contributed by atoms with Crippen LogP contribution in [0.25, 0.3) is 11.0 Å². The zero-order chi connectivity index (χ0) is 16.2. The molecule has 6 nitrogen and oxygen atoms in total. The summed E-state index contributed by atoms with van der Waals surface area (Å²) in [6, 6.07) is 3.92. The number of hydrogen-bond acceptors (Lipinski definition) is 4. The molecule has 25 heavy (non-hydrogen) atoms. The van der Waals surface area contributed by atoms with E-state index in [1.807, 2.05) is 0 Å². The molecule has 4 N–H and O–H groups in total. The first-order chi connectivity index (χ1) is 11.1. The van der Waals surface area contributed by atoms with Crippen LogP contribution in [-0.2, 0) is 16.0 Å². The van der Waals surface area contributed by atoms with Gasteiger partial charge in [-0.15, -0.1) is 24.8 Å². The van der Waals surface area contributed by atoms with Gasteiger partial charge in [-0.25, -0.2) is 9.37 Å². The van der Waals surface area contributed by atoms with Crippen molar-refractivity contribution in [3.8, 4) is 0 Å². The molecule has 9 heteroatoms. The van der Waals surface area contributed by atoms with Crippen molar-refractivity contribution in [1.82, 2.24) is 15.3 Å². The third kappa shape index (κ3) is 5.54. The van der Waals surface area contributed by atoms with Crippen LogP contribution in [0.2, 0.25) is 0 Å². The second kappa shape index (κ2) is 9.91. The van der Waals surface area contributed by atoms with Gasteiger partial charge >= 0.3 is 0 Å². The standard InChI is InChI=1S/C16H21FN4O2.2ClH/c17-11-1-2-12-13(9-11)21-14(20-12)3-6-19-16(22)15(18)10-4-7-23-8-5-10;;/h1-2,9-10,15H,3-8,18H2,(H,19,22)(H,20,21);2*1H. The van der Waals surface area contributed by atoms with E-state index >= 15 is 0 Å². The van der Waals surface area contributed by atoms with Crippen molar-refractivity contribution in [2.75, 3.05) is 19.8 Å². The summed E-state index contributed by atoms with van der Waals surface area (Å²) in [4.78, 5) is 19.5. The second-order valence-corrected chi connectivity index (χ2v) is 5.86. The highest BCUT2D eigenvalue weighted by molar-refractivity contribution is 5.85. The van der Waals surface area contributed by atoms with E-state index in [-0.39, 0.29) is 42.5 Å². The highest BCUT2D eigenvalue weighted by Crippen LogP contribution is 2.17. The van der Waals surface area contributed by atoms with Crippen LogP contribution in [-0.4, -0.2) is 41.7 Å². The SMILES string of the molecule is Cl.Cl.NC(C(=O)NCCc1nc2ccc(F)cc2[nH]1)C1CCOCC1. The van der Waals surface area contributed by atoms with E-state index in [2.05, 4.69) is 15.3 Å². The maximum atomic E-state index is 13.1. The van der Waals surface area contributed by atoms with Crippen LogP contribution < -0.4 is 11.1 Å². The van der Waals surface area contributed by atoms with E-state index in [1.165, 1.54) is 12.1 Å². The van der Waals surface area contributed by atoms with Gasteiger partial charge in [-0.3, -0.25) is 4.79 Å². The minimum absolute atomic E-state index is 0. The summed E-state index contributed by atoms with van der Waals surface area (Å²) < 4.78 is 18.4. The predicted molar refractivity (Wildman–Crippen MR) is 98.8 cm³/mol. The van der Waals surface area contributed by atoms with Crippen LogP contribution in [0.4, 0.5) is 4.39 Å². The number of carbonyl (C=O) groups is 1. The number of benzene rings is 1. The average Bonchev–Trinajstić information content (AvgIpc) is 2.96. The number of carbonyl (C=O) groups excluding carboxylic acids is 1. The van der Waals surface area contributed by atoms with Crippen LogP contribution in [0, 0.1) is 11.7 Å². The minimum atomic E-state index is -0.497. The number of halogens is 3. The minimum Gasteiger partial charge on any atom is -0.381 e. The summed E-state index contributed by atoms with van der Waals surface area (Å²) in [5, 5.41) is 2.85. The maximum absolute atomic E-state index is 13.1. The van der Waals surface area contributed by atoms with Crippen molar-refractivity contribution in [3.05, 3.63) is 29.8 Å². The lowest BCUT2D eigenvalue weighted by atomic mass is 9.92. The van der Waals surface area contributed by atoms with Gasteiger partial charge in [-0.2, -0.15) is 0 Å². The molecule has 1 aliphatic heterocycles. The molecule has 3 rings (SSSR count). The second-order valence-electron chi connectivity index (χ2n) is 5.86. The van der Waals surface area contributed by atoms with Gasteiger partial charge in [0.25, 0.3) is 0 Å². The van der Waals surface area contributed by atoms with Gasteiger partial charge in [-0.1, -0.05) is 0 Å². The summed E-state index contributed by atoms with van der Waals surface area (Å²) in [6.07, 6.45) is 2.19. The van der Waals surface area contributed by atoms with Gasteiger partial charge in [0.2, 0.25) is 5.91 Å². The lowest BCUT2D eigenvalue weighted by molar-refractivity contribution is -0.124. The molecule has 1 amide bonds. The molecule has 0 saturated carbocycles. The average molecular weight is 393 g/mol. The molecule has 0 aliphatic carbocycles. The molecule has 1 atom stereocenters. The summed E-state index contributed by atoms with van der Waals surface area (Å²) in [5.74, 6) is 0.450. The number of fused-ring (bicyclic) bond motifs is 1. The molecule has 0 radical (unpaired) electrons. The third-order valence-corrected chi connectivity index (χ3v) is 4.23. The van der Waals surface area contributed by atoms with E-state index in [9.17, 15) is 9.18 Å². The van der Waals surface area contributed by atoms with Gasteiger partial charge in [0, 0.05) is 26.2 Å². The Kier molecular flexibility index (Phi) is 8.58. The molecule has 2 aromatic rings. The van der Waals surface area contributed by atoms with Gasteiger partial charge in [-0.05, 0) is 37.0 Å². The fourth-order valence-electron chi connectivity index (χ4n) is 2.86. The Morgan fingerprint density at radius 1 is 1.40 bits per heavy atom. The fourth-order valence-corrected chi connectivity index (χ4v) is 2.86. The normalized spacial score (nSPS) is 15.9. The van der Waals surface area contributed by atoms with Crippen molar-refractivity contribution in [2.24, 2.45) is 11.7 Å². The van der Waals surface area contributed by atoms with E-state index < -0.39 is 6.04 Å². The quantitative estimate of drug-likeness (QED) is 0.724. The number of nitrogens with zero attached hydrogens (tertiary/aromatic N) is 1. The van der Waals surface area contributed by atoms with Crippen molar-refractivity contribution >= 4 is 41.8 Å². The first kappa shape index (κ1) is 21.6. The van der Waals surface area contributed by atoms with Crippen molar-refractivity contribution in [3.63, 3.8) is 0 Å². The van der Waals surface area contributed by atoms with Gasteiger partial charge in [0.15, 0.2) is 0 Å². The number of rotatable bonds is 5. The first-order valence-electron chi connectivity index (χ1n) is 7.88. The van der Waals surface area contributed by atoms with E-state index in [1.54, 1.807) is 6.07 Å². The number of H-pyrrole nitrogens is 1. The number of nitrogens with two attached hydrogens (primary N) is 1. The van der Waals surface area contributed by atoms with Crippen molar-refractivity contribution < 1.29 is 13.9 Å². The lowest BCUT2D eigenvalue weighted by Crippen LogP contribution is -2.47. The molecule has 1 aromatic heterocycles. The summed E-state index contributed by atoms with van der Waals surface area (Å²) >= 11 is 0. The van der Waals surface area contributed by atoms with E-state index in [0.717, 1.165) is 12.8 Å². The number of imidazole rings is 1. The molecular formula is C16H23Cl2FN4O2. The Bertz CT molecular complexity index is 692. The number of aromatic amines is 1. The molecule has 1 fully saturated rings. The highest BCUT2D eigenvalue weighted by atomic mass is 35.5. The van der Waals surface area contributed by atoms with E-state index in [4.69, 9.17) is 10.5 Å². The Hall–Kier alpha value is -1.41. The smallest absolute Gasteiger partial charge is 0.237 e. The van der Waals surface area contributed by atoms with Gasteiger partial charge < -0.3 is 20.8 Å². The summed E-state index contributed by atoms with van der Waals surface area (Å²) in [7, 11) is 0. The Balaban J connectivity index is 0.00000156. The number of ether oxygens (including phenoxy) is 1. The zero-order valence-corrected chi connectivity index (χ0v) is 15.3. The third-order valence-electron chi connectivity index (χ3n) is 4.23. The Labute approximate surface area is 157 Å². The molecule has 2 heterocycles. The molecule has 1 saturated heterocycles. The largest absolute Gasteiger partial charge is 0.381 e. The Morgan fingerprint density at radius 2 is 2.12 bits per heavy atom. The molecule has 1 aromatic carbocycles. The zero-order valence-electron chi connectivity index (χ0n) is 13.7. The number of aromatic nitrogens is 2. The number of hydrogen-bond donors (Lipinski definition) is 3. The fraction of sp³-hybridized carbons (Fsp3) is 0.500. The molecule has 140 valence electrons. The molecule has 1 unspecified atom stereocenters. The van der Waals surface area contributed by atoms with Crippen LogP contribution >= 0.6 is 24.8 Å². The predicted octanol–water partition coefficient (Wildman–Crippen LogP) is 1.96. The summed E-state index contributed by atoms with van der Waals surface area (Å²) in [5.41, 5.74) is 7.39. The monoisotopic (exact) mass is 392 g/mol. The maximum Gasteiger partial charge on any atom is 0.237 e. The Morgan fingerprint density at radius 3 is 2.84 bits per heavy atom. The van der Waals surface area contributed by atoms with Gasteiger partial charge in [0.1, 0.15) is 11.6 Å². The number of amides is 1. The molecule has 0 spiro atoms. The molecule has 1 aliphatic rings. The molecule has 0 bridgehead atoms. The lowest BCUT2D eigenvalue weighted by Gasteiger charge is -2.26. The van der Waals surface area contributed by atoms with Crippen molar-refractivity contribution in [1.29, 1.82) is 0 Å².